The van der Waals surface area contributed by atoms with Gasteiger partial charge in [0.2, 0.25) is 0 Å². The molecule has 2 fully saturated rings. The summed E-state index contributed by atoms with van der Waals surface area (Å²) in [6.45, 7) is 1.25. The Morgan fingerprint density at radius 1 is 1.29 bits per heavy atom. The van der Waals surface area contributed by atoms with Crippen LogP contribution in [-0.2, 0) is 14.3 Å². The first kappa shape index (κ1) is 13.8. The average Bonchev–Trinajstić information content (AvgIpc) is 3.13. The van der Waals surface area contributed by atoms with Gasteiger partial charge in [-0.05, 0) is 24.3 Å². The van der Waals surface area contributed by atoms with Gasteiger partial charge in [0.05, 0.1) is 13.2 Å². The first-order valence-corrected chi connectivity index (χ1v) is 6.75. The summed E-state index contributed by atoms with van der Waals surface area (Å²) >= 11 is 0. The Morgan fingerprint density at radius 2 is 2.00 bits per heavy atom. The summed E-state index contributed by atoms with van der Waals surface area (Å²) in [5.74, 6) is 0. The Bertz CT molecular complexity index is 533. The zero-order valence-electron chi connectivity index (χ0n) is 11.3. The summed E-state index contributed by atoms with van der Waals surface area (Å²) in [7, 11) is 0. The van der Waals surface area contributed by atoms with Gasteiger partial charge in [-0.25, -0.2) is 4.79 Å². The molecule has 21 heavy (non-hydrogen) atoms. The highest BCUT2D eigenvalue weighted by Gasteiger charge is 2.32. The molecule has 2 aliphatic rings. The Hall–Kier alpha value is -2.12. The van der Waals surface area contributed by atoms with E-state index in [9.17, 15) is 9.59 Å². The summed E-state index contributed by atoms with van der Waals surface area (Å²) in [4.78, 5) is 25.9. The molecule has 0 radical (unpaired) electrons. The quantitative estimate of drug-likeness (QED) is 0.808. The zero-order chi connectivity index (χ0) is 14.8. The highest BCUT2D eigenvalue weighted by molar-refractivity contribution is 5.89. The van der Waals surface area contributed by atoms with E-state index in [1.807, 2.05) is 12.1 Å². The van der Waals surface area contributed by atoms with E-state index < -0.39 is 6.23 Å². The lowest BCUT2D eigenvalue weighted by Crippen LogP contribution is -2.31. The lowest BCUT2D eigenvalue weighted by Gasteiger charge is -2.21. The normalized spacial score (nSPS) is 25.3. The van der Waals surface area contributed by atoms with Gasteiger partial charge in [-0.2, -0.15) is 0 Å². The minimum atomic E-state index is -0.690. The molecule has 0 saturated carbocycles. The van der Waals surface area contributed by atoms with E-state index in [2.05, 4.69) is 0 Å². The predicted molar refractivity (Wildman–Crippen MR) is 74.3 cm³/mol. The molecule has 0 bridgehead atoms. The molecule has 2 heterocycles. The molecule has 3 rings (SSSR count). The van der Waals surface area contributed by atoms with Crippen LogP contribution in [0.25, 0.3) is 0 Å². The number of carbonyl (C=O) groups is 2. The molecule has 1 aromatic carbocycles. The van der Waals surface area contributed by atoms with Crippen LogP contribution in [-0.4, -0.2) is 56.1 Å². The average molecular weight is 292 g/mol. The van der Waals surface area contributed by atoms with Crippen molar-refractivity contribution in [1.82, 2.24) is 0 Å². The molecule has 0 aromatic heterocycles. The molecule has 2 unspecified atom stereocenters. The van der Waals surface area contributed by atoms with Crippen LogP contribution in [0.2, 0.25) is 0 Å². The number of benzene rings is 1. The highest BCUT2D eigenvalue weighted by Crippen LogP contribution is 2.27. The third-order valence-electron chi connectivity index (χ3n) is 3.61. The second-order valence-corrected chi connectivity index (χ2v) is 4.90. The lowest BCUT2D eigenvalue weighted by molar-refractivity contribution is -0.117. The summed E-state index contributed by atoms with van der Waals surface area (Å²) < 4.78 is 10.3. The van der Waals surface area contributed by atoms with Crippen molar-refractivity contribution in [2.75, 3.05) is 36.1 Å². The summed E-state index contributed by atoms with van der Waals surface area (Å²) in [5.41, 5.74) is 1.56. The fourth-order valence-electron chi connectivity index (χ4n) is 2.55. The molecule has 2 aliphatic heterocycles. The minimum Gasteiger partial charge on any atom is -0.447 e. The molecule has 7 nitrogen and oxygen atoms in total. The van der Waals surface area contributed by atoms with Crippen LogP contribution in [0.4, 0.5) is 16.2 Å². The molecule has 0 spiro atoms. The Balaban J connectivity index is 1.77. The van der Waals surface area contributed by atoms with Gasteiger partial charge in [0.15, 0.2) is 12.5 Å². The van der Waals surface area contributed by atoms with Crippen molar-refractivity contribution in [1.29, 1.82) is 0 Å². The second-order valence-electron chi connectivity index (χ2n) is 4.90. The number of cyclic esters (lactones) is 1. The predicted octanol–water partition coefficient (Wildman–Crippen LogP) is 0.366. The Morgan fingerprint density at radius 3 is 2.57 bits per heavy atom. The number of aliphatic hydroxyl groups excluding tert-OH is 1. The molecule has 1 N–H and O–H groups in total. The number of aliphatic hydroxyl groups is 1. The van der Waals surface area contributed by atoms with Crippen LogP contribution >= 0.6 is 0 Å². The fraction of sp³-hybridized carbons (Fsp3) is 0.429. The van der Waals surface area contributed by atoms with Crippen LogP contribution in [0.3, 0.4) is 0 Å². The van der Waals surface area contributed by atoms with Crippen molar-refractivity contribution in [3.63, 3.8) is 0 Å². The summed E-state index contributed by atoms with van der Waals surface area (Å²) in [6, 6.07) is 7.24. The van der Waals surface area contributed by atoms with Gasteiger partial charge in [0, 0.05) is 17.9 Å². The van der Waals surface area contributed by atoms with Crippen molar-refractivity contribution < 1.29 is 24.2 Å². The molecular weight excluding hydrogens is 276 g/mol. The van der Waals surface area contributed by atoms with Crippen LogP contribution in [0, 0.1) is 0 Å². The van der Waals surface area contributed by atoms with Crippen LogP contribution < -0.4 is 9.80 Å². The van der Waals surface area contributed by atoms with Crippen LogP contribution in [0.1, 0.15) is 0 Å². The van der Waals surface area contributed by atoms with Crippen LogP contribution in [0.5, 0.6) is 0 Å². The van der Waals surface area contributed by atoms with Gasteiger partial charge in [0.1, 0.15) is 12.7 Å². The van der Waals surface area contributed by atoms with E-state index in [4.69, 9.17) is 14.6 Å². The number of nitrogens with zero attached hydrogens (tertiary/aromatic N) is 2. The van der Waals surface area contributed by atoms with Crippen molar-refractivity contribution in [2.24, 2.45) is 0 Å². The maximum atomic E-state index is 11.5. The van der Waals surface area contributed by atoms with E-state index in [0.29, 0.717) is 26.0 Å². The third kappa shape index (κ3) is 2.57. The van der Waals surface area contributed by atoms with Gasteiger partial charge < -0.3 is 19.5 Å². The molecule has 1 aromatic rings. The number of ether oxygens (including phenoxy) is 2. The van der Waals surface area contributed by atoms with Crippen LogP contribution in [0.15, 0.2) is 24.3 Å². The number of carbonyl (C=O) groups excluding carboxylic acids is 2. The smallest absolute Gasteiger partial charge is 0.414 e. The van der Waals surface area contributed by atoms with E-state index in [1.165, 1.54) is 0 Å². The van der Waals surface area contributed by atoms with E-state index in [0.717, 1.165) is 11.4 Å². The Kier molecular flexibility index (Phi) is 3.76. The van der Waals surface area contributed by atoms with Gasteiger partial charge >= 0.3 is 6.09 Å². The maximum Gasteiger partial charge on any atom is 0.414 e. The second kappa shape index (κ2) is 5.71. The molecule has 112 valence electrons. The largest absolute Gasteiger partial charge is 0.447 e. The van der Waals surface area contributed by atoms with Gasteiger partial charge in [-0.1, -0.05) is 0 Å². The van der Waals surface area contributed by atoms with Gasteiger partial charge in [0.25, 0.3) is 0 Å². The summed E-state index contributed by atoms with van der Waals surface area (Å²) in [6.07, 6.45) is -0.696. The van der Waals surface area contributed by atoms with E-state index in [-0.39, 0.29) is 18.8 Å². The number of hydrogen-bond acceptors (Lipinski definition) is 6. The first-order valence-electron chi connectivity index (χ1n) is 6.75. The van der Waals surface area contributed by atoms with Crippen molar-refractivity contribution in [2.45, 2.75) is 12.3 Å². The maximum absolute atomic E-state index is 11.5. The number of rotatable bonds is 4. The van der Waals surface area contributed by atoms with Crippen molar-refractivity contribution in [3.8, 4) is 0 Å². The van der Waals surface area contributed by atoms with Gasteiger partial charge in [-0.3, -0.25) is 9.69 Å². The standard InChI is InChI=1S/C14H16N2O5/c17-8-12-7-16(13(9-18)21-12)11-3-1-10(2-4-11)15-5-6-20-14(15)19/h1-4,9,12-13,17H,5-8H2. The molecule has 2 atom stereocenters. The minimum absolute atomic E-state index is 0.126. The Labute approximate surface area is 121 Å². The monoisotopic (exact) mass is 292 g/mol. The first-order chi connectivity index (χ1) is 10.2. The third-order valence-corrected chi connectivity index (χ3v) is 3.61. The topological polar surface area (TPSA) is 79.3 Å². The number of anilines is 2. The summed E-state index contributed by atoms with van der Waals surface area (Å²) in [5, 5.41) is 9.14. The number of hydrogen-bond donors (Lipinski definition) is 1. The molecule has 0 aliphatic carbocycles. The fourth-order valence-corrected chi connectivity index (χ4v) is 2.55. The highest BCUT2D eigenvalue weighted by atomic mass is 16.6. The molecule has 1 amide bonds. The van der Waals surface area contributed by atoms with Crippen molar-refractivity contribution in [3.05, 3.63) is 24.3 Å². The van der Waals surface area contributed by atoms with Crippen molar-refractivity contribution >= 4 is 23.8 Å². The molecule has 7 heteroatoms. The lowest BCUT2D eigenvalue weighted by atomic mass is 10.2. The van der Waals surface area contributed by atoms with E-state index >= 15 is 0 Å². The van der Waals surface area contributed by atoms with Gasteiger partial charge in [-0.15, -0.1) is 0 Å². The number of aldehydes is 1. The SMILES string of the molecule is O=CC1OC(CO)CN1c1ccc(N2CCOC2=O)cc1. The number of amides is 1. The van der Waals surface area contributed by atoms with E-state index in [1.54, 1.807) is 21.9 Å². The molecule has 2 saturated heterocycles. The zero-order valence-corrected chi connectivity index (χ0v) is 11.3. The molecular formula is C14H16N2O5.